The Hall–Kier alpha value is -1.36. The van der Waals surface area contributed by atoms with Crippen molar-refractivity contribution in [2.24, 2.45) is 5.73 Å². The van der Waals surface area contributed by atoms with Gasteiger partial charge < -0.3 is 5.73 Å². The van der Waals surface area contributed by atoms with Crippen molar-refractivity contribution < 1.29 is 0 Å². The second-order valence-electron chi connectivity index (χ2n) is 5.29. The number of hydrogen-bond donors (Lipinski definition) is 1. The predicted octanol–water partition coefficient (Wildman–Crippen LogP) is 4.13. The maximum absolute atomic E-state index is 6.57. The summed E-state index contributed by atoms with van der Waals surface area (Å²) in [6.45, 7) is 0. The molecule has 2 nitrogen and oxygen atoms in total. The van der Waals surface area contributed by atoms with Gasteiger partial charge in [-0.15, -0.1) is 11.3 Å². The topological polar surface area (TPSA) is 38.9 Å². The van der Waals surface area contributed by atoms with Crippen molar-refractivity contribution in [2.75, 3.05) is 5.75 Å². The number of thiophene rings is 1. The van der Waals surface area contributed by atoms with Crippen molar-refractivity contribution in [1.82, 2.24) is 4.98 Å². The second kappa shape index (κ2) is 5.44. The fourth-order valence-corrected chi connectivity index (χ4v) is 5.27. The van der Waals surface area contributed by atoms with Crippen LogP contribution in [-0.2, 0) is 12.2 Å². The Labute approximate surface area is 132 Å². The lowest BCUT2D eigenvalue weighted by Gasteiger charge is -2.12. The predicted molar refractivity (Wildman–Crippen MR) is 92.0 cm³/mol. The van der Waals surface area contributed by atoms with E-state index in [1.807, 2.05) is 47.5 Å². The number of pyridine rings is 1. The first-order valence-corrected chi connectivity index (χ1v) is 9.08. The number of rotatable bonds is 2. The van der Waals surface area contributed by atoms with E-state index in [9.17, 15) is 0 Å². The highest BCUT2D eigenvalue weighted by atomic mass is 32.2. The maximum Gasteiger partial charge on any atom is 0.0705 e. The van der Waals surface area contributed by atoms with Crippen molar-refractivity contribution in [1.29, 1.82) is 0 Å². The summed E-state index contributed by atoms with van der Waals surface area (Å²) in [6, 6.07) is 12.6. The summed E-state index contributed by atoms with van der Waals surface area (Å²) in [5, 5.41) is 1.16. The van der Waals surface area contributed by atoms with Crippen LogP contribution in [0.5, 0.6) is 0 Å². The Bertz CT molecular complexity index is 766. The van der Waals surface area contributed by atoms with E-state index in [1.54, 1.807) is 0 Å². The van der Waals surface area contributed by atoms with Crippen LogP contribution < -0.4 is 5.73 Å². The first-order valence-electron chi connectivity index (χ1n) is 7.11. The molecule has 21 heavy (non-hydrogen) atoms. The summed E-state index contributed by atoms with van der Waals surface area (Å²) in [4.78, 5) is 7.23. The molecule has 0 spiro atoms. The SMILES string of the molecule is NC(c1cc2c(s1)CCSC2)c1cccc2ncccc12. The molecule has 0 aliphatic carbocycles. The van der Waals surface area contributed by atoms with Crippen molar-refractivity contribution in [3.63, 3.8) is 0 Å². The van der Waals surface area contributed by atoms with Gasteiger partial charge in [-0.2, -0.15) is 11.8 Å². The quantitative estimate of drug-likeness (QED) is 0.773. The van der Waals surface area contributed by atoms with E-state index in [1.165, 1.54) is 33.1 Å². The van der Waals surface area contributed by atoms with Crippen molar-refractivity contribution >= 4 is 34.0 Å². The minimum atomic E-state index is -0.0569. The zero-order valence-electron chi connectivity index (χ0n) is 11.6. The molecule has 2 aromatic heterocycles. The average Bonchev–Trinajstić information content (AvgIpc) is 2.97. The van der Waals surface area contributed by atoms with Crippen LogP contribution >= 0.6 is 23.1 Å². The first-order chi connectivity index (χ1) is 10.3. The zero-order valence-corrected chi connectivity index (χ0v) is 13.2. The van der Waals surface area contributed by atoms with Crippen molar-refractivity contribution in [3.8, 4) is 0 Å². The van der Waals surface area contributed by atoms with Gasteiger partial charge in [-0.3, -0.25) is 4.98 Å². The number of fused-ring (bicyclic) bond motifs is 2. The molecule has 0 fully saturated rings. The van der Waals surface area contributed by atoms with E-state index in [0.29, 0.717) is 0 Å². The van der Waals surface area contributed by atoms with Gasteiger partial charge in [0.05, 0.1) is 11.6 Å². The van der Waals surface area contributed by atoms with Gasteiger partial charge in [0.2, 0.25) is 0 Å². The molecule has 0 saturated heterocycles. The van der Waals surface area contributed by atoms with Gasteiger partial charge in [0.25, 0.3) is 0 Å². The fraction of sp³-hybridized carbons (Fsp3) is 0.235. The largest absolute Gasteiger partial charge is 0.320 e. The lowest BCUT2D eigenvalue weighted by atomic mass is 10.0. The average molecular weight is 312 g/mol. The van der Waals surface area contributed by atoms with E-state index >= 15 is 0 Å². The van der Waals surface area contributed by atoms with Crippen LogP contribution in [0.4, 0.5) is 0 Å². The molecule has 1 atom stereocenters. The third kappa shape index (κ3) is 2.37. The minimum Gasteiger partial charge on any atom is -0.320 e. The third-order valence-corrected chi connectivity index (χ3v) is 6.30. The molecule has 4 heteroatoms. The number of aromatic nitrogens is 1. The minimum absolute atomic E-state index is 0.0569. The number of nitrogens with two attached hydrogens (primary N) is 1. The number of aryl methyl sites for hydroxylation is 1. The molecule has 0 radical (unpaired) electrons. The third-order valence-electron chi connectivity index (χ3n) is 3.97. The van der Waals surface area contributed by atoms with E-state index in [0.717, 1.165) is 16.7 Å². The molecule has 0 amide bonds. The molecular formula is C17H16N2S2. The van der Waals surface area contributed by atoms with Gasteiger partial charge in [-0.05, 0) is 41.5 Å². The lowest BCUT2D eigenvalue weighted by molar-refractivity contribution is 0.902. The van der Waals surface area contributed by atoms with E-state index in [2.05, 4.69) is 23.2 Å². The monoisotopic (exact) mass is 312 g/mol. The zero-order chi connectivity index (χ0) is 14.2. The molecule has 4 rings (SSSR count). The number of hydrogen-bond acceptors (Lipinski definition) is 4. The Kier molecular flexibility index (Phi) is 3.45. The smallest absolute Gasteiger partial charge is 0.0705 e. The van der Waals surface area contributed by atoms with Crippen LogP contribution in [0.15, 0.2) is 42.6 Å². The summed E-state index contributed by atoms with van der Waals surface area (Å²) in [6.07, 6.45) is 3.02. The maximum atomic E-state index is 6.57. The Balaban J connectivity index is 1.79. The van der Waals surface area contributed by atoms with Crippen molar-refractivity contribution in [2.45, 2.75) is 18.2 Å². The summed E-state index contributed by atoms with van der Waals surface area (Å²) in [5.41, 5.74) is 10.2. The van der Waals surface area contributed by atoms with Crippen LogP contribution in [-0.4, -0.2) is 10.7 Å². The molecule has 3 heterocycles. The Morgan fingerprint density at radius 2 is 2.14 bits per heavy atom. The summed E-state index contributed by atoms with van der Waals surface area (Å²) < 4.78 is 0. The molecular weight excluding hydrogens is 296 g/mol. The normalized spacial score (nSPS) is 15.9. The van der Waals surface area contributed by atoms with Gasteiger partial charge >= 0.3 is 0 Å². The van der Waals surface area contributed by atoms with Crippen LogP contribution in [0.25, 0.3) is 10.9 Å². The van der Waals surface area contributed by atoms with Crippen molar-refractivity contribution in [3.05, 3.63) is 63.5 Å². The number of benzene rings is 1. The Morgan fingerprint density at radius 3 is 3.05 bits per heavy atom. The first kappa shape index (κ1) is 13.3. The van der Waals surface area contributed by atoms with E-state index in [4.69, 9.17) is 5.73 Å². The molecule has 1 aliphatic heterocycles. The molecule has 1 unspecified atom stereocenters. The molecule has 0 saturated carbocycles. The molecule has 2 N–H and O–H groups in total. The van der Waals surface area contributed by atoms with Gasteiger partial charge in [0.1, 0.15) is 0 Å². The van der Waals surface area contributed by atoms with Crippen LogP contribution in [0.1, 0.15) is 26.9 Å². The molecule has 106 valence electrons. The van der Waals surface area contributed by atoms with Gasteiger partial charge in [0.15, 0.2) is 0 Å². The van der Waals surface area contributed by atoms with Gasteiger partial charge in [0, 0.05) is 27.1 Å². The molecule has 1 aliphatic rings. The molecule has 3 aromatic rings. The van der Waals surface area contributed by atoms with Crippen LogP contribution in [0.2, 0.25) is 0 Å². The van der Waals surface area contributed by atoms with E-state index in [-0.39, 0.29) is 6.04 Å². The summed E-state index contributed by atoms with van der Waals surface area (Å²) >= 11 is 3.90. The van der Waals surface area contributed by atoms with Crippen LogP contribution in [0, 0.1) is 0 Å². The Morgan fingerprint density at radius 1 is 1.19 bits per heavy atom. The second-order valence-corrected chi connectivity index (χ2v) is 7.57. The van der Waals surface area contributed by atoms with Crippen LogP contribution in [0.3, 0.4) is 0 Å². The molecule has 0 bridgehead atoms. The summed E-state index contributed by atoms with van der Waals surface area (Å²) in [5.74, 6) is 2.37. The fourth-order valence-electron chi connectivity index (χ4n) is 2.88. The number of nitrogens with zero attached hydrogens (tertiary/aromatic N) is 1. The van der Waals surface area contributed by atoms with E-state index < -0.39 is 0 Å². The lowest BCUT2D eigenvalue weighted by Crippen LogP contribution is -2.10. The molecule has 1 aromatic carbocycles. The highest BCUT2D eigenvalue weighted by Crippen LogP contribution is 2.36. The highest BCUT2D eigenvalue weighted by molar-refractivity contribution is 7.98. The van der Waals surface area contributed by atoms with Gasteiger partial charge in [-0.25, -0.2) is 0 Å². The summed E-state index contributed by atoms with van der Waals surface area (Å²) in [7, 11) is 0. The highest BCUT2D eigenvalue weighted by Gasteiger charge is 2.19. The number of thioether (sulfide) groups is 1. The van der Waals surface area contributed by atoms with Gasteiger partial charge in [-0.1, -0.05) is 18.2 Å². The standard InChI is InChI=1S/C17H16N2S2/c18-17(16-9-11-10-20-8-6-15(11)21-16)13-3-1-5-14-12(13)4-2-7-19-14/h1-5,7,9,17H,6,8,10,18H2.